The summed E-state index contributed by atoms with van der Waals surface area (Å²) < 4.78 is 7.48. The minimum Gasteiger partial charge on any atom is -0.484 e. The SMILES string of the molecule is Cn1ccnc1C1CNCCN1C(=O)COc1ccc(C(N)=O)cc1. The number of primary amides is 1. The lowest BCUT2D eigenvalue weighted by atomic mass is 10.1. The van der Waals surface area contributed by atoms with E-state index in [1.165, 1.54) is 0 Å². The van der Waals surface area contributed by atoms with Gasteiger partial charge in [0.1, 0.15) is 17.6 Å². The van der Waals surface area contributed by atoms with Crippen LogP contribution in [-0.4, -0.2) is 52.5 Å². The summed E-state index contributed by atoms with van der Waals surface area (Å²) in [4.78, 5) is 29.8. The van der Waals surface area contributed by atoms with Gasteiger partial charge >= 0.3 is 0 Å². The minimum atomic E-state index is -0.499. The molecule has 0 spiro atoms. The summed E-state index contributed by atoms with van der Waals surface area (Å²) in [6, 6.07) is 6.28. The molecular formula is C17H21N5O3. The van der Waals surface area contributed by atoms with Crippen molar-refractivity contribution in [1.82, 2.24) is 19.8 Å². The van der Waals surface area contributed by atoms with Crippen molar-refractivity contribution in [3.63, 3.8) is 0 Å². The molecule has 1 aliphatic rings. The Hall–Kier alpha value is -2.87. The van der Waals surface area contributed by atoms with E-state index in [0.717, 1.165) is 12.4 Å². The molecule has 0 bridgehead atoms. The first-order valence-corrected chi connectivity index (χ1v) is 8.06. The number of amides is 2. The van der Waals surface area contributed by atoms with Gasteiger partial charge in [0.15, 0.2) is 6.61 Å². The monoisotopic (exact) mass is 343 g/mol. The quantitative estimate of drug-likeness (QED) is 0.800. The van der Waals surface area contributed by atoms with Gasteiger partial charge in [-0.15, -0.1) is 0 Å². The van der Waals surface area contributed by atoms with E-state index in [0.29, 0.717) is 24.4 Å². The number of nitrogens with zero attached hydrogens (tertiary/aromatic N) is 3. The second kappa shape index (κ2) is 7.35. The second-order valence-corrected chi connectivity index (χ2v) is 5.88. The molecule has 0 saturated carbocycles. The van der Waals surface area contributed by atoms with Gasteiger partial charge in [-0.1, -0.05) is 0 Å². The van der Waals surface area contributed by atoms with Crippen molar-refractivity contribution < 1.29 is 14.3 Å². The summed E-state index contributed by atoms with van der Waals surface area (Å²) in [5, 5.41) is 3.29. The predicted octanol–water partition coefficient (Wildman–Crippen LogP) is 0.0709. The lowest BCUT2D eigenvalue weighted by molar-refractivity contribution is -0.137. The van der Waals surface area contributed by atoms with Gasteiger partial charge in [0.05, 0.1) is 0 Å². The lowest BCUT2D eigenvalue weighted by Crippen LogP contribution is -2.50. The van der Waals surface area contributed by atoms with E-state index >= 15 is 0 Å². The van der Waals surface area contributed by atoms with E-state index in [1.54, 1.807) is 35.4 Å². The molecule has 3 rings (SSSR count). The number of imidazole rings is 1. The number of benzene rings is 1. The first-order valence-electron chi connectivity index (χ1n) is 8.06. The summed E-state index contributed by atoms with van der Waals surface area (Å²) >= 11 is 0. The average molecular weight is 343 g/mol. The maximum atomic E-state index is 12.6. The smallest absolute Gasteiger partial charge is 0.261 e. The van der Waals surface area contributed by atoms with Crippen molar-refractivity contribution in [2.24, 2.45) is 12.8 Å². The topological polar surface area (TPSA) is 102 Å². The van der Waals surface area contributed by atoms with Crippen LogP contribution in [0.3, 0.4) is 0 Å². The van der Waals surface area contributed by atoms with Crippen molar-refractivity contribution in [3.05, 3.63) is 48.0 Å². The number of piperazine rings is 1. The van der Waals surface area contributed by atoms with Gasteiger partial charge in [-0.05, 0) is 24.3 Å². The van der Waals surface area contributed by atoms with Gasteiger partial charge in [0, 0.05) is 44.6 Å². The number of nitrogens with two attached hydrogens (primary N) is 1. The van der Waals surface area contributed by atoms with Gasteiger partial charge in [-0.2, -0.15) is 0 Å². The largest absolute Gasteiger partial charge is 0.484 e. The van der Waals surface area contributed by atoms with Gasteiger partial charge in [-0.25, -0.2) is 4.98 Å². The first-order chi connectivity index (χ1) is 12.1. The zero-order valence-corrected chi connectivity index (χ0v) is 14.0. The third-order valence-corrected chi connectivity index (χ3v) is 4.22. The van der Waals surface area contributed by atoms with E-state index < -0.39 is 5.91 Å². The van der Waals surface area contributed by atoms with Crippen LogP contribution in [0.2, 0.25) is 0 Å². The Morgan fingerprint density at radius 3 is 2.76 bits per heavy atom. The molecule has 1 aliphatic heterocycles. The second-order valence-electron chi connectivity index (χ2n) is 5.88. The molecule has 3 N–H and O–H groups in total. The highest BCUT2D eigenvalue weighted by Gasteiger charge is 2.30. The fourth-order valence-corrected chi connectivity index (χ4v) is 2.88. The highest BCUT2D eigenvalue weighted by Crippen LogP contribution is 2.21. The molecule has 0 aliphatic carbocycles. The molecule has 1 unspecified atom stereocenters. The van der Waals surface area contributed by atoms with E-state index in [4.69, 9.17) is 10.5 Å². The van der Waals surface area contributed by atoms with Crippen LogP contribution in [0.15, 0.2) is 36.7 Å². The highest BCUT2D eigenvalue weighted by atomic mass is 16.5. The fraction of sp³-hybridized carbons (Fsp3) is 0.353. The van der Waals surface area contributed by atoms with Crippen LogP contribution in [0.5, 0.6) is 5.75 Å². The maximum absolute atomic E-state index is 12.6. The Balaban J connectivity index is 1.64. The fourth-order valence-electron chi connectivity index (χ4n) is 2.88. The molecular weight excluding hydrogens is 322 g/mol. The van der Waals surface area contributed by atoms with E-state index in [9.17, 15) is 9.59 Å². The molecule has 2 aromatic rings. The molecule has 1 atom stereocenters. The van der Waals surface area contributed by atoms with Crippen LogP contribution in [0.25, 0.3) is 0 Å². The number of nitrogens with one attached hydrogen (secondary N) is 1. The van der Waals surface area contributed by atoms with Crippen LogP contribution in [0, 0.1) is 0 Å². The van der Waals surface area contributed by atoms with E-state index in [-0.39, 0.29) is 18.6 Å². The zero-order valence-electron chi connectivity index (χ0n) is 14.0. The summed E-state index contributed by atoms with van der Waals surface area (Å²) in [5.41, 5.74) is 5.60. The summed E-state index contributed by atoms with van der Waals surface area (Å²) in [7, 11) is 1.91. The lowest BCUT2D eigenvalue weighted by Gasteiger charge is -2.35. The van der Waals surface area contributed by atoms with Crippen LogP contribution in [0.1, 0.15) is 22.2 Å². The number of hydrogen-bond donors (Lipinski definition) is 2. The summed E-state index contributed by atoms with van der Waals surface area (Å²) in [5.74, 6) is 0.753. The van der Waals surface area contributed by atoms with E-state index in [1.807, 2.05) is 17.8 Å². The van der Waals surface area contributed by atoms with Crippen molar-refractivity contribution in [2.45, 2.75) is 6.04 Å². The molecule has 1 aromatic heterocycles. The van der Waals surface area contributed by atoms with E-state index in [2.05, 4.69) is 10.3 Å². The number of carbonyl (C=O) groups is 2. The summed E-state index contributed by atoms with van der Waals surface area (Å²) in [6.07, 6.45) is 3.59. The standard InChI is InChI=1S/C17H21N5O3/c1-21-8-7-20-17(21)14-10-19-6-9-22(14)15(23)11-25-13-4-2-12(3-5-13)16(18)24/h2-5,7-8,14,19H,6,9-11H2,1H3,(H2,18,24). The van der Waals surface area contributed by atoms with Crippen molar-refractivity contribution >= 4 is 11.8 Å². The Morgan fingerprint density at radius 2 is 2.12 bits per heavy atom. The normalized spacial score (nSPS) is 17.3. The third kappa shape index (κ3) is 3.80. The van der Waals surface area contributed by atoms with Crippen molar-refractivity contribution in [1.29, 1.82) is 0 Å². The first kappa shape index (κ1) is 17.0. The van der Waals surface area contributed by atoms with Gasteiger partial charge in [-0.3, -0.25) is 9.59 Å². The molecule has 8 nitrogen and oxygen atoms in total. The average Bonchev–Trinajstić information content (AvgIpc) is 3.06. The molecule has 1 aromatic carbocycles. The molecule has 2 heterocycles. The Morgan fingerprint density at radius 1 is 1.36 bits per heavy atom. The van der Waals surface area contributed by atoms with Gasteiger partial charge < -0.3 is 25.3 Å². The number of ether oxygens (including phenoxy) is 1. The Kier molecular flexibility index (Phi) is 4.99. The molecule has 1 fully saturated rings. The third-order valence-electron chi connectivity index (χ3n) is 4.22. The van der Waals surface area contributed by atoms with Gasteiger partial charge in [0.25, 0.3) is 5.91 Å². The highest BCUT2D eigenvalue weighted by molar-refractivity contribution is 5.92. The summed E-state index contributed by atoms with van der Waals surface area (Å²) in [6.45, 7) is 1.92. The number of carbonyl (C=O) groups excluding carboxylic acids is 2. The number of aryl methyl sites for hydroxylation is 1. The van der Waals surface area contributed by atoms with Crippen LogP contribution in [0.4, 0.5) is 0 Å². The van der Waals surface area contributed by atoms with Crippen molar-refractivity contribution in [2.75, 3.05) is 26.2 Å². The van der Waals surface area contributed by atoms with Crippen LogP contribution >= 0.6 is 0 Å². The maximum Gasteiger partial charge on any atom is 0.261 e. The number of rotatable bonds is 5. The Bertz CT molecular complexity index is 756. The molecule has 132 valence electrons. The van der Waals surface area contributed by atoms with Gasteiger partial charge in [0.2, 0.25) is 5.91 Å². The Labute approximate surface area is 145 Å². The van der Waals surface area contributed by atoms with Crippen molar-refractivity contribution in [3.8, 4) is 5.75 Å². The number of hydrogen-bond acceptors (Lipinski definition) is 5. The van der Waals surface area contributed by atoms with Crippen LogP contribution < -0.4 is 15.8 Å². The number of aromatic nitrogens is 2. The minimum absolute atomic E-state index is 0.0726. The predicted molar refractivity (Wildman–Crippen MR) is 91.0 cm³/mol. The molecule has 25 heavy (non-hydrogen) atoms. The molecule has 0 radical (unpaired) electrons. The molecule has 2 amide bonds. The molecule has 1 saturated heterocycles. The van der Waals surface area contributed by atoms with Crippen LogP contribution in [-0.2, 0) is 11.8 Å². The molecule has 8 heteroatoms. The zero-order chi connectivity index (χ0) is 17.8.